The number of aromatic amines is 1. The predicted molar refractivity (Wildman–Crippen MR) is 66.3 cm³/mol. The van der Waals surface area contributed by atoms with Crippen LogP contribution in [0.4, 0.5) is 13.2 Å². The Hall–Kier alpha value is -1.79. The molecule has 0 radical (unpaired) electrons. The Balaban J connectivity index is 2.09. The molecule has 2 rings (SSSR count). The van der Waals surface area contributed by atoms with Crippen molar-refractivity contribution in [1.29, 1.82) is 0 Å². The van der Waals surface area contributed by atoms with Crippen LogP contribution in [-0.2, 0) is 0 Å². The number of H-pyrrole nitrogens is 1. The van der Waals surface area contributed by atoms with E-state index in [4.69, 9.17) is 0 Å². The lowest BCUT2D eigenvalue weighted by molar-refractivity contribution is -0.187. The molecule has 1 saturated carbocycles. The fraction of sp³-hybridized carbons (Fsp3) is 0.538. The van der Waals surface area contributed by atoms with Crippen LogP contribution in [0.15, 0.2) is 23.1 Å². The van der Waals surface area contributed by atoms with Gasteiger partial charge in [-0.2, -0.15) is 13.2 Å². The Kier molecular flexibility index (Phi) is 4.15. The van der Waals surface area contributed by atoms with E-state index in [-0.39, 0.29) is 17.5 Å². The standard InChI is InChI=1S/C13H15F3N2O2/c14-13(15,16)9-3-1-2-4-10(9)18-12(20)8-5-6-11(19)17-7-8/h5-7,9-10H,1-4H2,(H,17,19)(H,18,20). The Morgan fingerprint density at radius 3 is 2.55 bits per heavy atom. The van der Waals surface area contributed by atoms with Gasteiger partial charge in [-0.1, -0.05) is 12.8 Å². The molecule has 2 atom stereocenters. The largest absolute Gasteiger partial charge is 0.393 e. The smallest absolute Gasteiger partial charge is 0.349 e. The molecule has 2 N–H and O–H groups in total. The van der Waals surface area contributed by atoms with Crippen molar-refractivity contribution in [3.8, 4) is 0 Å². The average Bonchev–Trinajstić information content (AvgIpc) is 2.38. The molecular weight excluding hydrogens is 273 g/mol. The molecule has 1 heterocycles. The van der Waals surface area contributed by atoms with Crippen molar-refractivity contribution < 1.29 is 18.0 Å². The minimum atomic E-state index is -4.30. The van der Waals surface area contributed by atoms with Gasteiger partial charge in [0.25, 0.3) is 5.91 Å². The van der Waals surface area contributed by atoms with Crippen molar-refractivity contribution in [3.63, 3.8) is 0 Å². The van der Waals surface area contributed by atoms with E-state index in [2.05, 4.69) is 10.3 Å². The van der Waals surface area contributed by atoms with E-state index < -0.39 is 24.0 Å². The van der Waals surface area contributed by atoms with Crippen molar-refractivity contribution in [2.75, 3.05) is 0 Å². The third kappa shape index (κ3) is 3.40. The van der Waals surface area contributed by atoms with E-state index in [0.717, 1.165) is 6.07 Å². The molecule has 0 bridgehead atoms. The number of aromatic nitrogens is 1. The van der Waals surface area contributed by atoms with Gasteiger partial charge in [-0.05, 0) is 18.9 Å². The molecule has 1 aromatic heterocycles. The molecule has 110 valence electrons. The Morgan fingerprint density at radius 2 is 1.95 bits per heavy atom. The molecule has 2 unspecified atom stereocenters. The number of pyridine rings is 1. The summed E-state index contributed by atoms with van der Waals surface area (Å²) in [6, 6.07) is 1.56. The summed E-state index contributed by atoms with van der Waals surface area (Å²) in [6.07, 6.45) is -1.55. The zero-order valence-corrected chi connectivity index (χ0v) is 10.7. The molecule has 0 aliphatic heterocycles. The Labute approximate surface area is 113 Å². The summed E-state index contributed by atoms with van der Waals surface area (Å²) in [5.41, 5.74) is -0.219. The highest BCUT2D eigenvalue weighted by molar-refractivity contribution is 5.94. The fourth-order valence-corrected chi connectivity index (χ4v) is 2.50. The van der Waals surface area contributed by atoms with Gasteiger partial charge in [0.2, 0.25) is 5.56 Å². The van der Waals surface area contributed by atoms with Crippen LogP contribution in [0.1, 0.15) is 36.0 Å². The number of nitrogens with one attached hydrogen (secondary N) is 2. The lowest BCUT2D eigenvalue weighted by atomic mass is 9.84. The monoisotopic (exact) mass is 288 g/mol. The van der Waals surface area contributed by atoms with E-state index in [1.807, 2.05) is 0 Å². The zero-order chi connectivity index (χ0) is 14.8. The summed E-state index contributed by atoms with van der Waals surface area (Å²) in [4.78, 5) is 25.1. The normalized spacial score (nSPS) is 23.4. The van der Waals surface area contributed by atoms with Crippen LogP contribution in [0.2, 0.25) is 0 Å². The van der Waals surface area contributed by atoms with Gasteiger partial charge in [0, 0.05) is 18.3 Å². The second kappa shape index (κ2) is 5.68. The maximum atomic E-state index is 12.9. The Morgan fingerprint density at radius 1 is 1.25 bits per heavy atom. The number of hydrogen-bond acceptors (Lipinski definition) is 2. The third-order valence-electron chi connectivity index (χ3n) is 3.55. The van der Waals surface area contributed by atoms with E-state index >= 15 is 0 Å². The van der Waals surface area contributed by atoms with E-state index in [1.165, 1.54) is 12.3 Å². The molecule has 1 aliphatic rings. The number of carbonyl (C=O) groups excluding carboxylic acids is 1. The molecule has 0 spiro atoms. The van der Waals surface area contributed by atoms with E-state index in [1.54, 1.807) is 0 Å². The minimum absolute atomic E-state index is 0.0417. The van der Waals surface area contributed by atoms with Crippen molar-refractivity contribution in [3.05, 3.63) is 34.2 Å². The lowest BCUT2D eigenvalue weighted by Crippen LogP contribution is -2.47. The van der Waals surface area contributed by atoms with Crippen LogP contribution in [0.5, 0.6) is 0 Å². The SMILES string of the molecule is O=C(NC1CCCCC1C(F)(F)F)c1ccc(=O)[nH]c1. The zero-order valence-electron chi connectivity index (χ0n) is 10.7. The van der Waals surface area contributed by atoms with Crippen LogP contribution >= 0.6 is 0 Å². The molecule has 1 aromatic rings. The molecule has 1 amide bonds. The van der Waals surface area contributed by atoms with Crippen LogP contribution < -0.4 is 10.9 Å². The van der Waals surface area contributed by atoms with Crippen LogP contribution in [-0.4, -0.2) is 23.1 Å². The second-order valence-electron chi connectivity index (χ2n) is 4.95. The lowest BCUT2D eigenvalue weighted by Gasteiger charge is -2.33. The van der Waals surface area contributed by atoms with Crippen molar-refractivity contribution in [2.45, 2.75) is 37.9 Å². The fourth-order valence-electron chi connectivity index (χ4n) is 2.50. The van der Waals surface area contributed by atoms with Gasteiger partial charge in [0.05, 0.1) is 11.5 Å². The summed E-state index contributed by atoms with van der Waals surface area (Å²) >= 11 is 0. The van der Waals surface area contributed by atoms with Crippen molar-refractivity contribution >= 4 is 5.91 Å². The summed E-state index contributed by atoms with van der Waals surface area (Å²) in [6.45, 7) is 0. The molecular formula is C13H15F3N2O2. The first-order chi connectivity index (χ1) is 9.38. The molecule has 20 heavy (non-hydrogen) atoms. The van der Waals surface area contributed by atoms with Gasteiger partial charge in [-0.15, -0.1) is 0 Å². The summed E-state index contributed by atoms with van der Waals surface area (Å²) in [5.74, 6) is -2.09. The summed E-state index contributed by atoms with van der Waals surface area (Å²) in [5, 5.41) is 2.43. The number of halogens is 3. The van der Waals surface area contributed by atoms with E-state index in [0.29, 0.717) is 19.3 Å². The quantitative estimate of drug-likeness (QED) is 0.876. The topological polar surface area (TPSA) is 62.0 Å². The highest BCUT2D eigenvalue weighted by atomic mass is 19.4. The maximum absolute atomic E-state index is 12.9. The van der Waals surface area contributed by atoms with Crippen molar-refractivity contribution in [2.24, 2.45) is 5.92 Å². The number of rotatable bonds is 2. The van der Waals surface area contributed by atoms with Gasteiger partial charge < -0.3 is 10.3 Å². The van der Waals surface area contributed by atoms with Crippen LogP contribution in [0.3, 0.4) is 0 Å². The van der Waals surface area contributed by atoms with E-state index in [9.17, 15) is 22.8 Å². The average molecular weight is 288 g/mol. The van der Waals surface area contributed by atoms with Gasteiger partial charge in [0.1, 0.15) is 0 Å². The van der Waals surface area contributed by atoms with Gasteiger partial charge in [-0.3, -0.25) is 9.59 Å². The second-order valence-corrected chi connectivity index (χ2v) is 4.95. The first-order valence-electron chi connectivity index (χ1n) is 6.44. The highest BCUT2D eigenvalue weighted by Gasteiger charge is 2.45. The van der Waals surface area contributed by atoms with Crippen LogP contribution in [0.25, 0.3) is 0 Å². The molecule has 4 nitrogen and oxygen atoms in total. The minimum Gasteiger partial charge on any atom is -0.349 e. The maximum Gasteiger partial charge on any atom is 0.393 e. The summed E-state index contributed by atoms with van der Waals surface area (Å²) < 4.78 is 38.7. The number of carbonyl (C=O) groups is 1. The number of hydrogen-bond donors (Lipinski definition) is 2. The van der Waals surface area contributed by atoms with Crippen LogP contribution in [0, 0.1) is 5.92 Å². The molecule has 7 heteroatoms. The predicted octanol–water partition coefficient (Wildman–Crippen LogP) is 2.23. The van der Waals surface area contributed by atoms with Gasteiger partial charge >= 0.3 is 6.18 Å². The summed E-state index contributed by atoms with van der Waals surface area (Å²) in [7, 11) is 0. The first-order valence-corrected chi connectivity index (χ1v) is 6.44. The number of alkyl halides is 3. The molecule has 0 saturated heterocycles. The van der Waals surface area contributed by atoms with Gasteiger partial charge in [0.15, 0.2) is 0 Å². The first kappa shape index (κ1) is 14.6. The van der Waals surface area contributed by atoms with Gasteiger partial charge in [-0.25, -0.2) is 0 Å². The third-order valence-corrected chi connectivity index (χ3v) is 3.55. The number of amides is 1. The Bertz CT molecular complexity index is 519. The van der Waals surface area contributed by atoms with Crippen molar-refractivity contribution in [1.82, 2.24) is 10.3 Å². The molecule has 1 fully saturated rings. The molecule has 0 aromatic carbocycles. The highest BCUT2D eigenvalue weighted by Crippen LogP contribution is 2.37. The molecule has 1 aliphatic carbocycles.